The van der Waals surface area contributed by atoms with Crippen LogP contribution in [-0.4, -0.2) is 25.3 Å². The van der Waals surface area contributed by atoms with Crippen LogP contribution in [0.15, 0.2) is 24.3 Å². The fourth-order valence-corrected chi connectivity index (χ4v) is 3.85. The molecule has 1 aliphatic rings. The monoisotopic (exact) mass is 283 g/mol. The smallest absolute Gasteiger partial charge is 0.279 e. The Morgan fingerprint density at radius 2 is 2.21 bits per heavy atom. The first-order chi connectivity index (χ1) is 8.99. The maximum atomic E-state index is 12.2. The number of piperidine rings is 1. The third-order valence-electron chi connectivity index (χ3n) is 3.46. The van der Waals surface area contributed by atoms with E-state index in [1.807, 2.05) is 19.1 Å². The van der Waals surface area contributed by atoms with Gasteiger partial charge in [-0.15, -0.1) is 0 Å². The topological polar surface area (TPSA) is 75.4 Å². The molecule has 1 aromatic carbocycles. The second-order valence-electron chi connectivity index (χ2n) is 5.03. The lowest BCUT2D eigenvalue weighted by Crippen LogP contribution is -2.47. The van der Waals surface area contributed by atoms with Crippen molar-refractivity contribution in [1.29, 1.82) is 0 Å². The van der Waals surface area contributed by atoms with Crippen molar-refractivity contribution in [3.8, 4) is 0 Å². The summed E-state index contributed by atoms with van der Waals surface area (Å²) in [5.41, 5.74) is 7.19. The molecule has 5 nitrogen and oxygen atoms in total. The Bertz CT molecular complexity index is 530. The van der Waals surface area contributed by atoms with E-state index in [1.54, 1.807) is 16.4 Å². The van der Waals surface area contributed by atoms with Crippen LogP contribution >= 0.6 is 0 Å². The molecule has 3 N–H and O–H groups in total. The van der Waals surface area contributed by atoms with Crippen LogP contribution in [-0.2, 0) is 16.8 Å². The largest absolute Gasteiger partial charge is 0.399 e. The Hall–Kier alpha value is -1.11. The van der Waals surface area contributed by atoms with Crippen LogP contribution in [0.25, 0.3) is 0 Å². The van der Waals surface area contributed by atoms with E-state index >= 15 is 0 Å². The summed E-state index contributed by atoms with van der Waals surface area (Å²) in [6.45, 7) is 2.84. The van der Waals surface area contributed by atoms with Gasteiger partial charge in [0.15, 0.2) is 0 Å². The van der Waals surface area contributed by atoms with Crippen LogP contribution in [0.3, 0.4) is 0 Å². The predicted octanol–water partition coefficient (Wildman–Crippen LogP) is 1.48. The summed E-state index contributed by atoms with van der Waals surface area (Å²) in [5, 5.41) is 0. The molecule has 1 saturated heterocycles. The molecule has 6 heteroatoms. The lowest BCUT2D eigenvalue weighted by Gasteiger charge is -2.32. The average molecular weight is 283 g/mol. The van der Waals surface area contributed by atoms with Gasteiger partial charge in [0.1, 0.15) is 0 Å². The zero-order valence-corrected chi connectivity index (χ0v) is 12.0. The molecule has 1 aliphatic heterocycles. The van der Waals surface area contributed by atoms with Gasteiger partial charge in [0.2, 0.25) is 0 Å². The van der Waals surface area contributed by atoms with E-state index in [0.717, 1.165) is 24.8 Å². The van der Waals surface area contributed by atoms with Crippen molar-refractivity contribution >= 4 is 15.9 Å². The summed E-state index contributed by atoms with van der Waals surface area (Å²) < 4.78 is 28.7. The highest BCUT2D eigenvalue weighted by Gasteiger charge is 2.28. The summed E-state index contributed by atoms with van der Waals surface area (Å²) in [6.07, 6.45) is 2.96. The maximum Gasteiger partial charge on any atom is 0.279 e. The van der Waals surface area contributed by atoms with E-state index in [4.69, 9.17) is 5.73 Å². The van der Waals surface area contributed by atoms with Crippen LogP contribution in [0.5, 0.6) is 0 Å². The van der Waals surface area contributed by atoms with E-state index in [0.29, 0.717) is 12.2 Å². The van der Waals surface area contributed by atoms with Gasteiger partial charge < -0.3 is 5.73 Å². The molecule has 1 atom stereocenters. The van der Waals surface area contributed by atoms with Crippen LogP contribution in [0.2, 0.25) is 0 Å². The van der Waals surface area contributed by atoms with Gasteiger partial charge in [-0.25, -0.2) is 0 Å². The highest BCUT2D eigenvalue weighted by molar-refractivity contribution is 7.87. The van der Waals surface area contributed by atoms with Gasteiger partial charge in [0.05, 0.1) is 0 Å². The number of nitrogens with zero attached hydrogens (tertiary/aromatic N) is 1. The van der Waals surface area contributed by atoms with Crippen LogP contribution in [0.1, 0.15) is 31.7 Å². The van der Waals surface area contributed by atoms with Gasteiger partial charge in [-0.3, -0.25) is 0 Å². The summed E-state index contributed by atoms with van der Waals surface area (Å²) in [6, 6.07) is 7.32. The third kappa shape index (κ3) is 3.68. The second-order valence-corrected chi connectivity index (χ2v) is 6.73. The number of rotatable bonds is 4. The normalized spacial score (nSPS) is 21.4. The van der Waals surface area contributed by atoms with Gasteiger partial charge in [0.25, 0.3) is 10.2 Å². The molecule has 1 fully saturated rings. The first-order valence-corrected chi connectivity index (χ1v) is 8.04. The fourth-order valence-electron chi connectivity index (χ4n) is 2.39. The van der Waals surface area contributed by atoms with Gasteiger partial charge in [-0.1, -0.05) is 18.6 Å². The minimum atomic E-state index is -3.40. The van der Waals surface area contributed by atoms with Crippen molar-refractivity contribution in [1.82, 2.24) is 9.03 Å². The van der Waals surface area contributed by atoms with E-state index in [1.165, 1.54) is 0 Å². The number of nitrogens with two attached hydrogens (primary N) is 1. The second kappa shape index (κ2) is 5.90. The van der Waals surface area contributed by atoms with Crippen molar-refractivity contribution < 1.29 is 8.42 Å². The lowest BCUT2D eigenvalue weighted by molar-refractivity contribution is 0.265. The quantitative estimate of drug-likeness (QED) is 0.822. The predicted molar refractivity (Wildman–Crippen MR) is 76.6 cm³/mol. The number of hydrogen-bond donors (Lipinski definition) is 2. The van der Waals surface area contributed by atoms with Crippen molar-refractivity contribution in [2.45, 2.75) is 38.8 Å². The number of nitrogens with one attached hydrogen (secondary N) is 1. The lowest BCUT2D eigenvalue weighted by atomic mass is 10.1. The summed E-state index contributed by atoms with van der Waals surface area (Å²) >= 11 is 0. The van der Waals surface area contributed by atoms with E-state index in [-0.39, 0.29) is 12.6 Å². The van der Waals surface area contributed by atoms with Gasteiger partial charge >= 0.3 is 0 Å². The van der Waals surface area contributed by atoms with Crippen molar-refractivity contribution in [2.24, 2.45) is 0 Å². The zero-order valence-electron chi connectivity index (χ0n) is 11.2. The minimum absolute atomic E-state index is 0.0760. The summed E-state index contributed by atoms with van der Waals surface area (Å²) in [5.74, 6) is 0. The van der Waals surface area contributed by atoms with Gasteiger partial charge in [0, 0.05) is 24.8 Å². The first kappa shape index (κ1) is 14.3. The van der Waals surface area contributed by atoms with Crippen molar-refractivity contribution in [3.05, 3.63) is 29.8 Å². The molecular weight excluding hydrogens is 262 g/mol. The molecule has 106 valence electrons. The molecule has 1 heterocycles. The molecule has 1 aromatic rings. The third-order valence-corrected chi connectivity index (χ3v) is 5.13. The molecule has 0 aromatic heterocycles. The fraction of sp³-hybridized carbons (Fsp3) is 0.538. The Balaban J connectivity index is 2.01. The highest BCUT2D eigenvalue weighted by Crippen LogP contribution is 2.19. The van der Waals surface area contributed by atoms with Crippen LogP contribution in [0, 0.1) is 0 Å². The molecule has 1 unspecified atom stereocenters. The number of benzene rings is 1. The number of nitrogen functional groups attached to an aromatic ring is 1. The molecular formula is C13H21N3O2S. The molecule has 0 bridgehead atoms. The summed E-state index contributed by atoms with van der Waals surface area (Å²) in [7, 11) is -3.40. The molecule has 0 saturated carbocycles. The van der Waals surface area contributed by atoms with Crippen molar-refractivity contribution in [3.63, 3.8) is 0 Å². The number of anilines is 1. The molecule has 0 amide bonds. The SMILES string of the molecule is CC1CCCCN1S(=O)(=O)NCc1cccc(N)c1. The van der Waals surface area contributed by atoms with E-state index < -0.39 is 10.2 Å². The molecule has 19 heavy (non-hydrogen) atoms. The standard InChI is InChI=1S/C13H21N3O2S/c1-11-5-2-3-8-16(11)19(17,18)15-10-12-6-4-7-13(14)9-12/h4,6-7,9,11,15H,2-3,5,8,10,14H2,1H3. The molecule has 0 radical (unpaired) electrons. The highest BCUT2D eigenvalue weighted by atomic mass is 32.2. The van der Waals surface area contributed by atoms with Crippen molar-refractivity contribution in [2.75, 3.05) is 12.3 Å². The van der Waals surface area contributed by atoms with Gasteiger partial charge in [-0.2, -0.15) is 17.4 Å². The zero-order chi connectivity index (χ0) is 13.9. The minimum Gasteiger partial charge on any atom is -0.399 e. The molecule has 2 rings (SSSR count). The van der Waals surface area contributed by atoms with Gasteiger partial charge in [-0.05, 0) is 37.5 Å². The Morgan fingerprint density at radius 3 is 2.89 bits per heavy atom. The Morgan fingerprint density at radius 1 is 1.42 bits per heavy atom. The van der Waals surface area contributed by atoms with E-state index in [9.17, 15) is 8.42 Å². The Labute approximate surface area is 115 Å². The average Bonchev–Trinajstić information content (AvgIpc) is 2.37. The maximum absolute atomic E-state index is 12.2. The van der Waals surface area contributed by atoms with Crippen LogP contribution in [0.4, 0.5) is 5.69 Å². The first-order valence-electron chi connectivity index (χ1n) is 6.60. The van der Waals surface area contributed by atoms with Crippen LogP contribution < -0.4 is 10.5 Å². The molecule has 0 spiro atoms. The van der Waals surface area contributed by atoms with E-state index in [2.05, 4.69) is 4.72 Å². The molecule has 0 aliphatic carbocycles. The summed E-state index contributed by atoms with van der Waals surface area (Å²) in [4.78, 5) is 0. The Kier molecular flexibility index (Phi) is 4.44. The number of hydrogen-bond acceptors (Lipinski definition) is 3.